The van der Waals surface area contributed by atoms with Gasteiger partial charge in [0.05, 0.1) is 6.42 Å². The second kappa shape index (κ2) is 5.61. The lowest BCUT2D eigenvalue weighted by Crippen LogP contribution is -2.26. The van der Waals surface area contributed by atoms with E-state index in [9.17, 15) is 13.2 Å². The maximum atomic E-state index is 12.2. The van der Waals surface area contributed by atoms with Crippen LogP contribution in [0.1, 0.15) is 6.42 Å². The molecule has 2 aromatic rings. The summed E-state index contributed by atoms with van der Waals surface area (Å²) in [5, 5.41) is 3.81. The van der Waals surface area contributed by atoms with Gasteiger partial charge in [-0.15, -0.1) is 0 Å². The molecule has 0 aliphatic heterocycles. The number of hydrogen-bond donors (Lipinski definition) is 0. The van der Waals surface area contributed by atoms with Crippen LogP contribution in [0.4, 0.5) is 19.1 Å². The van der Waals surface area contributed by atoms with Gasteiger partial charge in [-0.1, -0.05) is 0 Å². The van der Waals surface area contributed by atoms with Crippen molar-refractivity contribution < 1.29 is 13.2 Å². The Morgan fingerprint density at radius 3 is 2.65 bits per heavy atom. The molecule has 0 spiro atoms. The van der Waals surface area contributed by atoms with Crippen LogP contribution in [0, 0.1) is 0 Å². The monoisotopic (exact) mass is 306 g/mol. The van der Waals surface area contributed by atoms with Gasteiger partial charge in [-0.05, 0) is 17.7 Å². The first kappa shape index (κ1) is 14.5. The molecule has 2 heterocycles. The lowest BCUT2D eigenvalue weighted by Gasteiger charge is -2.18. The van der Waals surface area contributed by atoms with Crippen LogP contribution in [-0.2, 0) is 0 Å². The largest absolute Gasteiger partial charge is 0.390 e. The quantitative estimate of drug-likeness (QED) is 0.865. The van der Waals surface area contributed by atoms with Crippen LogP contribution in [0.25, 0.3) is 5.95 Å². The predicted octanol–water partition coefficient (Wildman–Crippen LogP) is 2.10. The average molecular weight is 307 g/mol. The van der Waals surface area contributed by atoms with Crippen LogP contribution >= 0.6 is 11.6 Å². The van der Waals surface area contributed by atoms with E-state index in [1.54, 1.807) is 12.3 Å². The van der Waals surface area contributed by atoms with Crippen molar-refractivity contribution in [2.24, 2.45) is 0 Å². The highest BCUT2D eigenvalue weighted by atomic mass is 35.5. The second-order valence-corrected chi connectivity index (χ2v) is 4.28. The molecule has 108 valence electrons. The van der Waals surface area contributed by atoms with E-state index >= 15 is 0 Å². The minimum Gasteiger partial charge on any atom is -0.343 e. The summed E-state index contributed by atoms with van der Waals surface area (Å²) < 4.78 is 37.9. The van der Waals surface area contributed by atoms with Crippen LogP contribution < -0.4 is 4.90 Å². The first-order valence-corrected chi connectivity index (χ1v) is 5.92. The maximum absolute atomic E-state index is 12.2. The van der Waals surface area contributed by atoms with Crippen LogP contribution in [0.2, 0.25) is 5.28 Å². The Morgan fingerprint density at radius 2 is 2.05 bits per heavy atom. The molecule has 0 N–H and O–H groups in total. The Labute approximate surface area is 117 Å². The Balaban J connectivity index is 2.20. The number of hydrogen-bond acceptors (Lipinski definition) is 5. The summed E-state index contributed by atoms with van der Waals surface area (Å²) in [5.41, 5.74) is 0. The van der Waals surface area contributed by atoms with Gasteiger partial charge in [0.15, 0.2) is 0 Å². The maximum Gasteiger partial charge on any atom is 0.390 e. The number of nitrogens with zero attached hydrogens (tertiary/aromatic N) is 6. The molecule has 0 bridgehead atoms. The van der Waals surface area contributed by atoms with Gasteiger partial charge in [-0.2, -0.15) is 33.2 Å². The smallest absolute Gasteiger partial charge is 0.343 e. The third kappa shape index (κ3) is 3.80. The fourth-order valence-corrected chi connectivity index (χ4v) is 1.54. The molecule has 0 unspecified atom stereocenters. The first-order chi connectivity index (χ1) is 9.35. The summed E-state index contributed by atoms with van der Waals surface area (Å²) in [7, 11) is 1.45. The van der Waals surface area contributed by atoms with Gasteiger partial charge in [0.25, 0.3) is 5.95 Å². The molecule has 2 rings (SSSR count). The standard InChI is InChI=1S/C10H10ClF3N6/c1-19(6-3-10(12,13)14)8-16-7(11)17-9(18-8)20-5-2-4-15-20/h2,4-5H,3,6H2,1H3. The van der Waals surface area contributed by atoms with E-state index < -0.39 is 12.6 Å². The molecule has 2 aromatic heterocycles. The lowest BCUT2D eigenvalue weighted by molar-refractivity contribution is -0.132. The van der Waals surface area contributed by atoms with Gasteiger partial charge in [0.1, 0.15) is 0 Å². The normalized spacial score (nSPS) is 11.7. The first-order valence-electron chi connectivity index (χ1n) is 5.54. The third-order valence-corrected chi connectivity index (χ3v) is 2.53. The number of alkyl halides is 3. The van der Waals surface area contributed by atoms with Gasteiger partial charge in [-0.3, -0.25) is 0 Å². The summed E-state index contributed by atoms with van der Waals surface area (Å²) in [6.45, 7) is -0.275. The third-order valence-electron chi connectivity index (χ3n) is 2.37. The van der Waals surface area contributed by atoms with Gasteiger partial charge in [0, 0.05) is 26.0 Å². The van der Waals surface area contributed by atoms with E-state index in [4.69, 9.17) is 11.6 Å². The fraction of sp³-hybridized carbons (Fsp3) is 0.400. The molecule has 0 atom stereocenters. The van der Waals surface area contributed by atoms with Gasteiger partial charge >= 0.3 is 6.18 Å². The van der Waals surface area contributed by atoms with E-state index in [0.717, 1.165) is 0 Å². The van der Waals surface area contributed by atoms with Gasteiger partial charge < -0.3 is 4.90 Å². The fourth-order valence-electron chi connectivity index (χ4n) is 1.38. The molecule has 0 aliphatic carbocycles. The molecule has 0 aliphatic rings. The van der Waals surface area contributed by atoms with Crippen LogP contribution in [0.3, 0.4) is 0 Å². The average Bonchev–Trinajstić information content (AvgIpc) is 2.88. The van der Waals surface area contributed by atoms with Crippen LogP contribution in [-0.4, -0.2) is 44.5 Å². The molecule has 0 radical (unpaired) electrons. The SMILES string of the molecule is CN(CCC(F)(F)F)c1nc(Cl)nc(-n2cccn2)n1. The van der Waals surface area contributed by atoms with E-state index in [1.807, 2.05) is 0 Å². The van der Waals surface area contributed by atoms with Crippen molar-refractivity contribution in [2.45, 2.75) is 12.6 Å². The predicted molar refractivity (Wildman–Crippen MR) is 65.9 cm³/mol. The highest BCUT2D eigenvalue weighted by molar-refractivity contribution is 6.28. The zero-order valence-electron chi connectivity index (χ0n) is 10.3. The van der Waals surface area contributed by atoms with Crippen molar-refractivity contribution in [3.63, 3.8) is 0 Å². The van der Waals surface area contributed by atoms with Crippen LogP contribution in [0.15, 0.2) is 18.5 Å². The summed E-state index contributed by atoms with van der Waals surface area (Å²) in [6.07, 6.45) is -2.10. The highest BCUT2D eigenvalue weighted by Crippen LogP contribution is 2.21. The van der Waals surface area contributed by atoms with Crippen molar-refractivity contribution in [3.8, 4) is 5.95 Å². The number of halogens is 4. The molecule has 10 heteroatoms. The highest BCUT2D eigenvalue weighted by Gasteiger charge is 2.27. The van der Waals surface area contributed by atoms with E-state index in [-0.39, 0.29) is 23.7 Å². The van der Waals surface area contributed by atoms with Gasteiger partial charge in [-0.25, -0.2) is 4.68 Å². The summed E-state index contributed by atoms with van der Waals surface area (Å²) in [5.74, 6) is 0.198. The molecule has 0 fully saturated rings. The number of anilines is 1. The van der Waals surface area contributed by atoms with Crippen LogP contribution in [0.5, 0.6) is 0 Å². The Morgan fingerprint density at radius 1 is 1.30 bits per heavy atom. The number of aromatic nitrogens is 5. The molecule has 0 amide bonds. The number of rotatable bonds is 4. The Bertz CT molecular complexity index is 571. The van der Waals surface area contributed by atoms with E-state index in [1.165, 1.54) is 22.8 Å². The second-order valence-electron chi connectivity index (χ2n) is 3.94. The molecule has 6 nitrogen and oxygen atoms in total. The molecular weight excluding hydrogens is 297 g/mol. The van der Waals surface area contributed by atoms with Gasteiger partial charge in [0.2, 0.25) is 11.2 Å². The topological polar surface area (TPSA) is 59.7 Å². The van der Waals surface area contributed by atoms with Crippen molar-refractivity contribution >= 4 is 17.5 Å². The Kier molecular flexibility index (Phi) is 4.07. The Hall–Kier alpha value is -1.90. The zero-order valence-corrected chi connectivity index (χ0v) is 11.1. The van der Waals surface area contributed by atoms with Crippen molar-refractivity contribution in [3.05, 3.63) is 23.7 Å². The van der Waals surface area contributed by atoms with E-state index in [2.05, 4.69) is 20.1 Å². The molecular formula is C10H10ClF3N6. The minimum atomic E-state index is -4.24. The van der Waals surface area contributed by atoms with Crippen molar-refractivity contribution in [2.75, 3.05) is 18.5 Å². The molecule has 0 saturated heterocycles. The van der Waals surface area contributed by atoms with E-state index in [0.29, 0.717) is 0 Å². The zero-order chi connectivity index (χ0) is 14.8. The lowest BCUT2D eigenvalue weighted by atomic mass is 10.4. The minimum absolute atomic E-state index is 0.0553. The molecule has 0 aromatic carbocycles. The van der Waals surface area contributed by atoms with Crippen molar-refractivity contribution in [1.29, 1.82) is 0 Å². The van der Waals surface area contributed by atoms with Crippen molar-refractivity contribution in [1.82, 2.24) is 24.7 Å². The molecule has 0 saturated carbocycles. The summed E-state index contributed by atoms with van der Waals surface area (Å²) >= 11 is 5.75. The summed E-state index contributed by atoms with van der Waals surface area (Å²) in [6, 6.07) is 1.66. The summed E-state index contributed by atoms with van der Waals surface area (Å²) in [4.78, 5) is 13.0. The molecule has 20 heavy (non-hydrogen) atoms.